The number of ether oxygens (including phenoxy) is 1. The van der Waals surface area contributed by atoms with E-state index in [2.05, 4.69) is 5.32 Å². The zero-order valence-electron chi connectivity index (χ0n) is 10.3. The van der Waals surface area contributed by atoms with Crippen molar-refractivity contribution in [3.63, 3.8) is 0 Å². The molecule has 0 heterocycles. The molecule has 4 N–H and O–H groups in total. The third-order valence-corrected chi connectivity index (χ3v) is 2.37. The first-order valence-corrected chi connectivity index (χ1v) is 5.37. The van der Waals surface area contributed by atoms with E-state index < -0.39 is 12.0 Å². The standard InChI is InChI=1S/C12H16N2O4/c1-7(15)14-12-8(9(13)6-11(16)17)4-3-5-10(12)18-2/h3-5,9H,6,13H2,1-2H3,(H,14,15)(H,16,17). The number of amides is 1. The van der Waals surface area contributed by atoms with Gasteiger partial charge in [-0.25, -0.2) is 0 Å². The molecular weight excluding hydrogens is 236 g/mol. The van der Waals surface area contributed by atoms with Crippen LogP contribution in [0.5, 0.6) is 5.75 Å². The maximum absolute atomic E-state index is 11.2. The maximum atomic E-state index is 11.2. The van der Waals surface area contributed by atoms with Crippen molar-refractivity contribution in [3.8, 4) is 5.75 Å². The Morgan fingerprint density at radius 2 is 2.17 bits per heavy atom. The molecule has 1 atom stereocenters. The van der Waals surface area contributed by atoms with Gasteiger partial charge >= 0.3 is 5.97 Å². The number of nitrogens with two attached hydrogens (primary N) is 1. The van der Waals surface area contributed by atoms with Gasteiger partial charge in [-0.1, -0.05) is 12.1 Å². The maximum Gasteiger partial charge on any atom is 0.305 e. The topological polar surface area (TPSA) is 102 Å². The van der Waals surface area contributed by atoms with Gasteiger partial charge < -0.3 is 20.9 Å². The average molecular weight is 252 g/mol. The van der Waals surface area contributed by atoms with Crippen molar-refractivity contribution in [2.24, 2.45) is 5.73 Å². The Kier molecular flexibility index (Phi) is 4.67. The van der Waals surface area contributed by atoms with Crippen LogP contribution in [0, 0.1) is 0 Å². The highest BCUT2D eigenvalue weighted by molar-refractivity contribution is 5.91. The molecular formula is C12H16N2O4. The number of carboxylic acid groups (broad SMARTS) is 1. The second kappa shape index (κ2) is 6.02. The lowest BCUT2D eigenvalue weighted by molar-refractivity contribution is -0.137. The summed E-state index contributed by atoms with van der Waals surface area (Å²) < 4.78 is 5.12. The molecule has 0 aliphatic heterocycles. The van der Waals surface area contributed by atoms with Crippen LogP contribution in [-0.4, -0.2) is 24.1 Å². The summed E-state index contributed by atoms with van der Waals surface area (Å²) in [6, 6.07) is 4.32. The second-order valence-corrected chi connectivity index (χ2v) is 3.81. The lowest BCUT2D eigenvalue weighted by atomic mass is 10.0. The Balaban J connectivity index is 3.16. The molecule has 1 aromatic carbocycles. The number of methoxy groups -OCH3 is 1. The minimum atomic E-state index is -1.00. The molecule has 1 amide bonds. The molecule has 0 saturated carbocycles. The fraction of sp³-hybridized carbons (Fsp3) is 0.333. The molecule has 1 unspecified atom stereocenters. The minimum absolute atomic E-state index is 0.222. The molecule has 0 saturated heterocycles. The fourth-order valence-electron chi connectivity index (χ4n) is 1.64. The summed E-state index contributed by atoms with van der Waals surface area (Å²) >= 11 is 0. The number of carbonyl (C=O) groups is 2. The number of anilines is 1. The van der Waals surface area contributed by atoms with E-state index in [9.17, 15) is 9.59 Å². The third-order valence-electron chi connectivity index (χ3n) is 2.37. The summed E-state index contributed by atoms with van der Waals surface area (Å²) in [7, 11) is 1.47. The number of nitrogens with one attached hydrogen (secondary N) is 1. The van der Waals surface area contributed by atoms with Crippen LogP contribution >= 0.6 is 0 Å². The van der Waals surface area contributed by atoms with E-state index in [-0.39, 0.29) is 12.3 Å². The summed E-state index contributed by atoms with van der Waals surface area (Å²) in [4.78, 5) is 21.8. The Bertz CT molecular complexity index is 459. The van der Waals surface area contributed by atoms with E-state index in [0.29, 0.717) is 17.0 Å². The Labute approximate surface area is 105 Å². The number of benzene rings is 1. The largest absolute Gasteiger partial charge is 0.495 e. The number of carboxylic acids is 1. The molecule has 18 heavy (non-hydrogen) atoms. The van der Waals surface area contributed by atoms with E-state index in [1.165, 1.54) is 14.0 Å². The molecule has 0 radical (unpaired) electrons. The van der Waals surface area contributed by atoms with Crippen LogP contribution in [0.3, 0.4) is 0 Å². The van der Waals surface area contributed by atoms with Gasteiger partial charge in [-0.05, 0) is 11.6 Å². The number of aliphatic carboxylic acids is 1. The van der Waals surface area contributed by atoms with Crippen molar-refractivity contribution in [1.82, 2.24) is 0 Å². The summed E-state index contributed by atoms with van der Waals surface area (Å²) in [6.07, 6.45) is -0.222. The van der Waals surface area contributed by atoms with Crippen molar-refractivity contribution in [1.29, 1.82) is 0 Å². The van der Waals surface area contributed by atoms with Gasteiger partial charge in [0.05, 0.1) is 19.2 Å². The first-order valence-electron chi connectivity index (χ1n) is 5.37. The van der Waals surface area contributed by atoms with Crippen molar-refractivity contribution in [3.05, 3.63) is 23.8 Å². The molecule has 0 aliphatic carbocycles. The summed E-state index contributed by atoms with van der Waals surface area (Å²) in [5, 5.41) is 11.4. The summed E-state index contributed by atoms with van der Waals surface area (Å²) in [5.41, 5.74) is 6.76. The lowest BCUT2D eigenvalue weighted by Crippen LogP contribution is -2.18. The van der Waals surface area contributed by atoms with E-state index >= 15 is 0 Å². The van der Waals surface area contributed by atoms with E-state index in [4.69, 9.17) is 15.6 Å². The molecule has 1 aromatic rings. The zero-order chi connectivity index (χ0) is 13.7. The monoisotopic (exact) mass is 252 g/mol. The van der Waals surface area contributed by atoms with Gasteiger partial charge in [0.1, 0.15) is 5.75 Å². The second-order valence-electron chi connectivity index (χ2n) is 3.81. The van der Waals surface area contributed by atoms with E-state index in [0.717, 1.165) is 0 Å². The molecule has 6 heteroatoms. The number of hydrogen-bond donors (Lipinski definition) is 3. The minimum Gasteiger partial charge on any atom is -0.495 e. The van der Waals surface area contributed by atoms with Crippen LogP contribution in [0.25, 0.3) is 0 Å². The zero-order valence-corrected chi connectivity index (χ0v) is 10.3. The van der Waals surface area contributed by atoms with Crippen LogP contribution in [0.4, 0.5) is 5.69 Å². The van der Waals surface area contributed by atoms with Gasteiger partial charge in [0, 0.05) is 13.0 Å². The Morgan fingerprint density at radius 1 is 1.50 bits per heavy atom. The normalized spacial score (nSPS) is 11.7. The predicted molar refractivity (Wildman–Crippen MR) is 66.5 cm³/mol. The van der Waals surface area contributed by atoms with Gasteiger partial charge in [-0.15, -0.1) is 0 Å². The molecule has 0 bridgehead atoms. The average Bonchev–Trinajstić information content (AvgIpc) is 2.27. The van der Waals surface area contributed by atoms with E-state index in [1.807, 2.05) is 0 Å². The van der Waals surface area contributed by atoms with Crippen molar-refractivity contribution in [2.45, 2.75) is 19.4 Å². The SMILES string of the molecule is COc1cccc(C(N)CC(=O)O)c1NC(C)=O. The Hall–Kier alpha value is -2.08. The molecule has 6 nitrogen and oxygen atoms in total. The number of hydrogen-bond acceptors (Lipinski definition) is 4. The fourth-order valence-corrected chi connectivity index (χ4v) is 1.64. The number of rotatable bonds is 5. The number of carbonyl (C=O) groups excluding carboxylic acids is 1. The summed E-state index contributed by atoms with van der Waals surface area (Å²) in [5.74, 6) is -0.828. The molecule has 0 spiro atoms. The first kappa shape index (κ1) is 14.0. The van der Waals surface area contributed by atoms with Gasteiger partial charge in [0.15, 0.2) is 0 Å². The molecule has 98 valence electrons. The van der Waals surface area contributed by atoms with Gasteiger partial charge in [0.25, 0.3) is 0 Å². The predicted octanol–water partition coefficient (Wildman–Crippen LogP) is 1.13. The van der Waals surface area contributed by atoms with Crippen LogP contribution in [0.15, 0.2) is 18.2 Å². The highest BCUT2D eigenvalue weighted by Gasteiger charge is 2.18. The highest BCUT2D eigenvalue weighted by atomic mass is 16.5. The Morgan fingerprint density at radius 3 is 2.67 bits per heavy atom. The van der Waals surface area contributed by atoms with Crippen molar-refractivity contribution in [2.75, 3.05) is 12.4 Å². The van der Waals surface area contributed by atoms with Crippen LogP contribution in [-0.2, 0) is 9.59 Å². The molecule has 1 rings (SSSR count). The van der Waals surface area contributed by atoms with Crippen LogP contribution in [0.1, 0.15) is 24.9 Å². The van der Waals surface area contributed by atoms with E-state index in [1.54, 1.807) is 18.2 Å². The van der Waals surface area contributed by atoms with Crippen LogP contribution in [0.2, 0.25) is 0 Å². The van der Waals surface area contributed by atoms with Gasteiger partial charge in [0.2, 0.25) is 5.91 Å². The lowest BCUT2D eigenvalue weighted by Gasteiger charge is -2.17. The van der Waals surface area contributed by atoms with Gasteiger partial charge in [-0.2, -0.15) is 0 Å². The van der Waals surface area contributed by atoms with Gasteiger partial charge in [-0.3, -0.25) is 9.59 Å². The van der Waals surface area contributed by atoms with Crippen molar-refractivity contribution < 1.29 is 19.4 Å². The third kappa shape index (κ3) is 3.46. The smallest absolute Gasteiger partial charge is 0.305 e. The molecule has 0 aromatic heterocycles. The quantitative estimate of drug-likeness (QED) is 0.729. The first-order chi connectivity index (χ1) is 8.45. The van der Waals surface area contributed by atoms with Crippen LogP contribution < -0.4 is 15.8 Å². The highest BCUT2D eigenvalue weighted by Crippen LogP contribution is 2.32. The number of para-hydroxylation sites is 1. The summed E-state index contributed by atoms with van der Waals surface area (Å²) in [6.45, 7) is 1.36. The molecule has 0 fully saturated rings. The molecule has 0 aliphatic rings. The van der Waals surface area contributed by atoms with Crippen molar-refractivity contribution >= 4 is 17.6 Å².